The summed E-state index contributed by atoms with van der Waals surface area (Å²) in [5.74, 6) is -0.415. The summed E-state index contributed by atoms with van der Waals surface area (Å²) in [6.07, 6.45) is 2.66. The normalized spacial score (nSPS) is 20.4. The number of carbonyl (C=O) groups is 1. The van der Waals surface area contributed by atoms with Gasteiger partial charge in [0.25, 0.3) is 5.91 Å². The highest BCUT2D eigenvalue weighted by atomic mass is 35.5. The molecule has 1 fully saturated rings. The highest BCUT2D eigenvalue weighted by Crippen LogP contribution is 2.30. The Kier molecular flexibility index (Phi) is 4.37. The third kappa shape index (κ3) is 3.14. The summed E-state index contributed by atoms with van der Waals surface area (Å²) in [4.78, 5) is 12.0. The predicted molar refractivity (Wildman–Crippen MR) is 77.5 cm³/mol. The highest BCUT2D eigenvalue weighted by molar-refractivity contribution is 6.31. The molecule has 0 radical (unpaired) electrons. The standard InChI is InChI=1S/C15H20ClNO3/c1-14(19,11-6-2-3-7-12(11)16)10-17-13(18)15(20)8-4-5-9-15/h2-3,6-7,19-20H,4-5,8-10H2,1H3,(H,17,18). The van der Waals surface area contributed by atoms with Gasteiger partial charge in [0.15, 0.2) is 0 Å². The van der Waals surface area contributed by atoms with Crippen LogP contribution < -0.4 is 5.32 Å². The number of halogens is 1. The van der Waals surface area contributed by atoms with Crippen molar-refractivity contribution in [1.82, 2.24) is 5.32 Å². The zero-order valence-corrected chi connectivity index (χ0v) is 12.3. The van der Waals surface area contributed by atoms with Crippen LogP contribution in [0.4, 0.5) is 0 Å². The van der Waals surface area contributed by atoms with Crippen LogP contribution in [0.1, 0.15) is 38.2 Å². The van der Waals surface area contributed by atoms with Gasteiger partial charge in [0.2, 0.25) is 0 Å². The first-order valence-corrected chi connectivity index (χ1v) is 7.21. The third-order valence-electron chi connectivity index (χ3n) is 3.90. The van der Waals surface area contributed by atoms with Gasteiger partial charge in [-0.05, 0) is 38.7 Å². The lowest BCUT2D eigenvalue weighted by atomic mass is 9.95. The Morgan fingerprint density at radius 2 is 2.00 bits per heavy atom. The number of amides is 1. The minimum atomic E-state index is -1.28. The van der Waals surface area contributed by atoms with Gasteiger partial charge in [-0.25, -0.2) is 0 Å². The molecule has 0 bridgehead atoms. The second kappa shape index (κ2) is 5.72. The molecule has 1 aliphatic carbocycles. The highest BCUT2D eigenvalue weighted by Gasteiger charge is 2.39. The molecule has 0 aliphatic heterocycles. The van der Waals surface area contributed by atoms with E-state index in [0.717, 1.165) is 12.8 Å². The Bertz CT molecular complexity index is 496. The van der Waals surface area contributed by atoms with E-state index < -0.39 is 17.1 Å². The minimum Gasteiger partial charge on any atom is -0.384 e. The molecule has 1 atom stereocenters. The number of nitrogens with one attached hydrogen (secondary N) is 1. The number of hydrogen-bond donors (Lipinski definition) is 3. The van der Waals surface area contributed by atoms with Gasteiger partial charge in [-0.3, -0.25) is 4.79 Å². The van der Waals surface area contributed by atoms with Crippen molar-refractivity contribution in [2.24, 2.45) is 0 Å². The van der Waals surface area contributed by atoms with Gasteiger partial charge >= 0.3 is 0 Å². The fourth-order valence-electron chi connectivity index (χ4n) is 2.60. The summed E-state index contributed by atoms with van der Waals surface area (Å²) >= 11 is 6.06. The van der Waals surface area contributed by atoms with Crippen LogP contribution in [0.3, 0.4) is 0 Å². The smallest absolute Gasteiger partial charge is 0.252 e. The number of hydrogen-bond acceptors (Lipinski definition) is 3. The zero-order valence-electron chi connectivity index (χ0n) is 11.5. The van der Waals surface area contributed by atoms with Crippen LogP contribution in [-0.4, -0.2) is 28.3 Å². The molecule has 3 N–H and O–H groups in total. The van der Waals surface area contributed by atoms with Crippen molar-refractivity contribution in [3.05, 3.63) is 34.9 Å². The van der Waals surface area contributed by atoms with Crippen molar-refractivity contribution in [2.75, 3.05) is 6.54 Å². The van der Waals surface area contributed by atoms with Gasteiger partial charge in [-0.2, -0.15) is 0 Å². The average molecular weight is 298 g/mol. The van der Waals surface area contributed by atoms with Crippen LogP contribution in [-0.2, 0) is 10.4 Å². The van der Waals surface area contributed by atoms with E-state index in [-0.39, 0.29) is 6.54 Å². The molecule has 0 spiro atoms. The van der Waals surface area contributed by atoms with Gasteiger partial charge < -0.3 is 15.5 Å². The number of aliphatic hydroxyl groups is 2. The Morgan fingerprint density at radius 3 is 2.60 bits per heavy atom. The van der Waals surface area contributed by atoms with Crippen molar-refractivity contribution >= 4 is 17.5 Å². The lowest BCUT2D eigenvalue weighted by molar-refractivity contribution is -0.140. The summed E-state index contributed by atoms with van der Waals surface area (Å²) in [6, 6.07) is 6.97. The molecule has 4 nitrogen and oxygen atoms in total. The maximum absolute atomic E-state index is 12.0. The van der Waals surface area contributed by atoms with Crippen LogP contribution in [0.5, 0.6) is 0 Å². The first-order chi connectivity index (χ1) is 9.35. The van der Waals surface area contributed by atoms with E-state index in [1.807, 2.05) is 0 Å². The van der Waals surface area contributed by atoms with Crippen LogP contribution in [0.25, 0.3) is 0 Å². The molecule has 1 amide bonds. The fourth-order valence-corrected chi connectivity index (χ4v) is 2.94. The molecular formula is C15H20ClNO3. The molecule has 1 aliphatic rings. The van der Waals surface area contributed by atoms with E-state index in [4.69, 9.17) is 11.6 Å². The lowest BCUT2D eigenvalue weighted by Gasteiger charge is -2.28. The second-order valence-corrected chi connectivity index (χ2v) is 6.08. The van der Waals surface area contributed by atoms with Gasteiger partial charge in [0.1, 0.15) is 11.2 Å². The molecule has 110 valence electrons. The summed E-state index contributed by atoms with van der Waals surface area (Å²) < 4.78 is 0. The summed E-state index contributed by atoms with van der Waals surface area (Å²) in [7, 11) is 0. The Morgan fingerprint density at radius 1 is 1.40 bits per heavy atom. The van der Waals surface area contributed by atoms with Crippen molar-refractivity contribution < 1.29 is 15.0 Å². The van der Waals surface area contributed by atoms with Crippen molar-refractivity contribution in [3.63, 3.8) is 0 Å². The lowest BCUT2D eigenvalue weighted by Crippen LogP contribution is -2.49. The van der Waals surface area contributed by atoms with Gasteiger partial charge in [0, 0.05) is 10.6 Å². The van der Waals surface area contributed by atoms with Crippen molar-refractivity contribution in [1.29, 1.82) is 0 Å². The SMILES string of the molecule is CC(O)(CNC(=O)C1(O)CCCC1)c1ccccc1Cl. The largest absolute Gasteiger partial charge is 0.384 e. The zero-order chi connectivity index (χ0) is 14.8. The van der Waals surface area contributed by atoms with Crippen LogP contribution in [0.2, 0.25) is 5.02 Å². The van der Waals surface area contributed by atoms with Crippen molar-refractivity contribution in [2.45, 2.75) is 43.8 Å². The fraction of sp³-hybridized carbons (Fsp3) is 0.533. The van der Waals surface area contributed by atoms with Gasteiger partial charge in [-0.1, -0.05) is 29.8 Å². The molecule has 2 rings (SSSR count). The first kappa shape index (κ1) is 15.3. The van der Waals surface area contributed by atoms with E-state index in [1.54, 1.807) is 31.2 Å². The van der Waals surface area contributed by atoms with Gasteiger partial charge in [0.05, 0.1) is 6.54 Å². The summed E-state index contributed by atoms with van der Waals surface area (Å²) in [5.41, 5.74) is -2.00. The third-order valence-corrected chi connectivity index (χ3v) is 4.23. The first-order valence-electron chi connectivity index (χ1n) is 6.83. The number of benzene rings is 1. The quantitative estimate of drug-likeness (QED) is 0.796. The predicted octanol–water partition coefficient (Wildman–Crippen LogP) is 1.97. The van der Waals surface area contributed by atoms with Crippen molar-refractivity contribution in [3.8, 4) is 0 Å². The number of rotatable bonds is 4. The van der Waals surface area contributed by atoms with E-state index in [2.05, 4.69) is 5.32 Å². The molecule has 5 heteroatoms. The Balaban J connectivity index is 2.02. The summed E-state index contributed by atoms with van der Waals surface area (Å²) in [5, 5.41) is 23.7. The molecule has 0 aromatic heterocycles. The monoisotopic (exact) mass is 297 g/mol. The van der Waals surface area contributed by atoms with Gasteiger partial charge in [-0.15, -0.1) is 0 Å². The minimum absolute atomic E-state index is 0.0118. The van der Waals surface area contributed by atoms with E-state index in [0.29, 0.717) is 23.4 Å². The topological polar surface area (TPSA) is 69.6 Å². The molecule has 1 aromatic rings. The van der Waals surface area contributed by atoms with Crippen LogP contribution in [0.15, 0.2) is 24.3 Å². The Hall–Kier alpha value is -1.10. The van der Waals surface area contributed by atoms with Crippen LogP contribution in [0, 0.1) is 0 Å². The Labute approximate surface area is 123 Å². The molecule has 1 unspecified atom stereocenters. The average Bonchev–Trinajstić information content (AvgIpc) is 2.84. The maximum Gasteiger partial charge on any atom is 0.252 e. The van der Waals surface area contributed by atoms with E-state index >= 15 is 0 Å². The second-order valence-electron chi connectivity index (χ2n) is 5.68. The van der Waals surface area contributed by atoms with E-state index in [9.17, 15) is 15.0 Å². The molecule has 0 heterocycles. The molecule has 0 saturated heterocycles. The summed E-state index contributed by atoms with van der Waals surface area (Å²) in [6.45, 7) is 1.60. The molecule has 20 heavy (non-hydrogen) atoms. The maximum atomic E-state index is 12.0. The van der Waals surface area contributed by atoms with Crippen LogP contribution >= 0.6 is 11.6 Å². The molecule has 1 aromatic carbocycles. The number of carbonyl (C=O) groups excluding carboxylic acids is 1. The molecule has 1 saturated carbocycles. The molecular weight excluding hydrogens is 278 g/mol. The van der Waals surface area contributed by atoms with E-state index in [1.165, 1.54) is 0 Å².